The fraction of sp³-hybridized carbons (Fsp3) is 0.455. The van der Waals surface area contributed by atoms with E-state index in [-0.39, 0.29) is 11.7 Å². The number of rotatable bonds is 2. The fourth-order valence-electron chi connectivity index (χ4n) is 1.80. The van der Waals surface area contributed by atoms with Crippen molar-refractivity contribution < 1.29 is 14.2 Å². The Balaban J connectivity index is 2.20. The summed E-state index contributed by atoms with van der Waals surface area (Å²) < 4.78 is 18.7. The van der Waals surface area contributed by atoms with Crippen LogP contribution in [0.5, 0.6) is 0 Å². The van der Waals surface area contributed by atoms with Gasteiger partial charge in [0.2, 0.25) is 0 Å². The molecule has 2 atom stereocenters. The molecule has 0 aromatic heterocycles. The van der Waals surface area contributed by atoms with E-state index >= 15 is 0 Å². The molecule has 1 aliphatic rings. The van der Waals surface area contributed by atoms with Crippen LogP contribution in [0.25, 0.3) is 0 Å². The van der Waals surface area contributed by atoms with Crippen LogP contribution in [0.15, 0.2) is 22.7 Å². The van der Waals surface area contributed by atoms with E-state index in [1.54, 1.807) is 6.07 Å². The molecule has 2 unspecified atom stereocenters. The summed E-state index contributed by atoms with van der Waals surface area (Å²) in [5.41, 5.74) is 0.729. The number of halogens is 2. The summed E-state index contributed by atoms with van der Waals surface area (Å²) in [7, 11) is 0. The van der Waals surface area contributed by atoms with Gasteiger partial charge in [-0.1, -0.05) is 22.0 Å². The van der Waals surface area contributed by atoms with Crippen LogP contribution < -0.4 is 0 Å². The number of hydrogen-bond donors (Lipinski definition) is 1. The van der Waals surface area contributed by atoms with Crippen molar-refractivity contribution in [3.63, 3.8) is 0 Å². The van der Waals surface area contributed by atoms with Gasteiger partial charge < -0.3 is 9.84 Å². The smallest absolute Gasteiger partial charge is 0.124 e. The van der Waals surface area contributed by atoms with Crippen molar-refractivity contribution in [1.82, 2.24) is 0 Å². The molecule has 1 aromatic carbocycles. The second-order valence-corrected chi connectivity index (χ2v) is 4.59. The van der Waals surface area contributed by atoms with E-state index in [0.29, 0.717) is 17.7 Å². The Hall–Kier alpha value is -0.450. The third-order valence-corrected chi connectivity index (χ3v) is 3.38. The zero-order chi connectivity index (χ0) is 10.8. The Morgan fingerprint density at radius 3 is 2.93 bits per heavy atom. The fourth-order valence-corrected chi connectivity index (χ4v) is 2.38. The normalized spacial score (nSPS) is 23.0. The predicted octanol–water partition coefficient (Wildman–Crippen LogP) is 2.66. The highest BCUT2D eigenvalue weighted by Crippen LogP contribution is 2.33. The second kappa shape index (κ2) is 4.60. The summed E-state index contributed by atoms with van der Waals surface area (Å²) >= 11 is 3.25. The molecule has 2 nitrogen and oxygen atoms in total. The van der Waals surface area contributed by atoms with Gasteiger partial charge in [-0.25, -0.2) is 4.39 Å². The number of ether oxygens (including phenoxy) is 1. The van der Waals surface area contributed by atoms with Crippen LogP contribution in [0.2, 0.25) is 0 Å². The molecule has 1 fully saturated rings. The number of hydrogen-bond acceptors (Lipinski definition) is 2. The van der Waals surface area contributed by atoms with Gasteiger partial charge in [0.25, 0.3) is 0 Å². The lowest BCUT2D eigenvalue weighted by atomic mass is 9.95. The van der Waals surface area contributed by atoms with Crippen molar-refractivity contribution in [2.45, 2.75) is 12.5 Å². The third-order valence-electron chi connectivity index (χ3n) is 2.69. The zero-order valence-corrected chi connectivity index (χ0v) is 9.71. The molecule has 1 aliphatic heterocycles. The van der Waals surface area contributed by atoms with E-state index in [1.807, 2.05) is 0 Å². The molecule has 0 amide bonds. The van der Waals surface area contributed by atoms with Crippen LogP contribution in [0.1, 0.15) is 18.1 Å². The summed E-state index contributed by atoms with van der Waals surface area (Å²) in [5, 5.41) is 10.1. The molecule has 1 N–H and O–H groups in total. The molecule has 1 saturated heterocycles. The molecule has 0 bridgehead atoms. The van der Waals surface area contributed by atoms with Crippen molar-refractivity contribution in [3.8, 4) is 0 Å². The highest BCUT2D eigenvalue weighted by Gasteiger charge is 2.26. The summed E-state index contributed by atoms with van der Waals surface area (Å²) in [6.07, 6.45) is 0.271. The first-order valence-corrected chi connectivity index (χ1v) is 5.68. The van der Waals surface area contributed by atoms with Gasteiger partial charge in [0.15, 0.2) is 0 Å². The zero-order valence-electron chi connectivity index (χ0n) is 8.12. The van der Waals surface area contributed by atoms with E-state index in [2.05, 4.69) is 15.9 Å². The molecule has 0 aliphatic carbocycles. The molecule has 4 heteroatoms. The average Bonchev–Trinajstić information content (AvgIpc) is 2.69. The van der Waals surface area contributed by atoms with Crippen molar-refractivity contribution >= 4 is 15.9 Å². The van der Waals surface area contributed by atoms with E-state index in [0.717, 1.165) is 12.0 Å². The lowest BCUT2D eigenvalue weighted by molar-refractivity contribution is 0.0912. The summed E-state index contributed by atoms with van der Waals surface area (Å²) in [6, 6.07) is 4.34. The van der Waals surface area contributed by atoms with Gasteiger partial charge in [0, 0.05) is 17.0 Å². The average molecular weight is 275 g/mol. The summed E-state index contributed by atoms with van der Waals surface area (Å²) in [4.78, 5) is 0. The van der Waals surface area contributed by atoms with Crippen molar-refractivity contribution in [2.24, 2.45) is 5.92 Å². The monoisotopic (exact) mass is 274 g/mol. The van der Waals surface area contributed by atoms with Crippen LogP contribution in [-0.2, 0) is 4.74 Å². The maximum atomic E-state index is 12.9. The van der Waals surface area contributed by atoms with Crippen LogP contribution in [-0.4, -0.2) is 18.3 Å². The third kappa shape index (κ3) is 2.38. The molecular weight excluding hydrogens is 263 g/mol. The minimum atomic E-state index is -0.581. The first-order valence-electron chi connectivity index (χ1n) is 4.89. The van der Waals surface area contributed by atoms with Crippen molar-refractivity contribution in [2.75, 3.05) is 13.2 Å². The SMILES string of the molecule is OC(c1ccc(F)cc1Br)C1CCOC1. The van der Waals surface area contributed by atoms with E-state index in [9.17, 15) is 9.50 Å². The number of aliphatic hydroxyl groups excluding tert-OH is 1. The van der Waals surface area contributed by atoms with Crippen LogP contribution in [0.4, 0.5) is 4.39 Å². The summed E-state index contributed by atoms with van der Waals surface area (Å²) in [5.74, 6) is -0.188. The molecular formula is C11H12BrFO2. The van der Waals surface area contributed by atoms with Gasteiger partial charge >= 0.3 is 0 Å². The molecule has 0 radical (unpaired) electrons. The van der Waals surface area contributed by atoms with Crippen LogP contribution in [0, 0.1) is 11.7 Å². The molecule has 2 rings (SSSR count). The Kier molecular flexibility index (Phi) is 3.38. The van der Waals surface area contributed by atoms with E-state index in [1.165, 1.54) is 12.1 Å². The highest BCUT2D eigenvalue weighted by atomic mass is 79.9. The minimum absolute atomic E-state index is 0.117. The van der Waals surface area contributed by atoms with Crippen LogP contribution in [0.3, 0.4) is 0 Å². The molecule has 1 aromatic rings. The Morgan fingerprint density at radius 1 is 1.53 bits per heavy atom. The topological polar surface area (TPSA) is 29.5 Å². The van der Waals surface area contributed by atoms with Gasteiger partial charge in [-0.15, -0.1) is 0 Å². The maximum Gasteiger partial charge on any atom is 0.124 e. The van der Waals surface area contributed by atoms with E-state index in [4.69, 9.17) is 4.74 Å². The Labute approximate surface area is 96.2 Å². The van der Waals surface area contributed by atoms with Gasteiger partial charge in [-0.05, 0) is 24.1 Å². The predicted molar refractivity (Wildman–Crippen MR) is 58.0 cm³/mol. The molecule has 1 heterocycles. The van der Waals surface area contributed by atoms with Gasteiger partial charge in [0.05, 0.1) is 12.7 Å². The Morgan fingerprint density at radius 2 is 2.33 bits per heavy atom. The highest BCUT2D eigenvalue weighted by molar-refractivity contribution is 9.10. The number of aliphatic hydroxyl groups is 1. The molecule has 0 saturated carbocycles. The van der Waals surface area contributed by atoms with Gasteiger partial charge in [-0.3, -0.25) is 0 Å². The quantitative estimate of drug-likeness (QED) is 0.899. The Bertz CT molecular complexity index is 350. The first-order chi connectivity index (χ1) is 7.18. The molecule has 15 heavy (non-hydrogen) atoms. The van der Waals surface area contributed by atoms with E-state index < -0.39 is 6.10 Å². The molecule has 82 valence electrons. The van der Waals surface area contributed by atoms with Crippen molar-refractivity contribution in [1.29, 1.82) is 0 Å². The largest absolute Gasteiger partial charge is 0.388 e. The molecule has 0 spiro atoms. The first kappa shape index (κ1) is 11.0. The lowest BCUT2D eigenvalue weighted by Gasteiger charge is -2.18. The minimum Gasteiger partial charge on any atom is -0.388 e. The standard InChI is InChI=1S/C11H12BrFO2/c12-10-5-8(13)1-2-9(10)11(14)7-3-4-15-6-7/h1-2,5,7,11,14H,3-4,6H2. The van der Waals surface area contributed by atoms with Crippen LogP contribution >= 0.6 is 15.9 Å². The number of benzene rings is 1. The van der Waals surface area contributed by atoms with Gasteiger partial charge in [-0.2, -0.15) is 0 Å². The summed E-state index contributed by atoms with van der Waals surface area (Å²) in [6.45, 7) is 1.27. The van der Waals surface area contributed by atoms with Gasteiger partial charge in [0.1, 0.15) is 5.82 Å². The lowest BCUT2D eigenvalue weighted by Crippen LogP contribution is -2.13. The second-order valence-electron chi connectivity index (χ2n) is 3.73. The van der Waals surface area contributed by atoms with Crippen molar-refractivity contribution in [3.05, 3.63) is 34.1 Å². The maximum absolute atomic E-state index is 12.9.